The van der Waals surface area contributed by atoms with Crippen LogP contribution in [-0.4, -0.2) is 43.4 Å². The van der Waals surface area contributed by atoms with Gasteiger partial charge < -0.3 is 21.3 Å². The topological polar surface area (TPSA) is 92.7 Å². The van der Waals surface area contributed by atoms with Crippen molar-refractivity contribution < 1.29 is 9.59 Å². The number of anilines is 2. The Bertz CT molecular complexity index is 467. The number of amides is 2. The first kappa shape index (κ1) is 12.2. The van der Waals surface area contributed by atoms with Gasteiger partial charge in [-0.3, -0.25) is 9.59 Å². The molecule has 6 nitrogen and oxygen atoms in total. The Morgan fingerprint density at radius 3 is 2.44 bits per heavy atom. The van der Waals surface area contributed by atoms with Crippen molar-refractivity contribution in [2.24, 2.45) is 5.73 Å². The van der Waals surface area contributed by atoms with Gasteiger partial charge in [-0.2, -0.15) is 0 Å². The van der Waals surface area contributed by atoms with Gasteiger partial charge in [-0.05, 0) is 18.2 Å². The van der Waals surface area contributed by atoms with Crippen LogP contribution in [0.25, 0.3) is 0 Å². The van der Waals surface area contributed by atoms with Crippen molar-refractivity contribution in [2.45, 2.75) is 0 Å². The summed E-state index contributed by atoms with van der Waals surface area (Å²) in [7, 11) is 0. The fraction of sp³-hybridized carbons (Fsp3) is 0.333. The Morgan fingerprint density at radius 2 is 1.89 bits per heavy atom. The van der Waals surface area contributed by atoms with Gasteiger partial charge in [0.2, 0.25) is 6.41 Å². The number of carbonyl (C=O) groups is 2. The smallest absolute Gasteiger partial charge is 0.250 e. The highest BCUT2D eigenvalue weighted by Gasteiger charge is 2.17. The van der Waals surface area contributed by atoms with Gasteiger partial charge in [0, 0.05) is 37.6 Å². The largest absolute Gasteiger partial charge is 0.398 e. The third-order valence-corrected chi connectivity index (χ3v) is 3.13. The van der Waals surface area contributed by atoms with Gasteiger partial charge in [0.15, 0.2) is 0 Å². The highest BCUT2D eigenvalue weighted by atomic mass is 16.1. The molecule has 1 heterocycles. The first-order valence-corrected chi connectivity index (χ1v) is 5.75. The molecule has 0 aromatic heterocycles. The lowest BCUT2D eigenvalue weighted by Gasteiger charge is -2.34. The van der Waals surface area contributed by atoms with Gasteiger partial charge in [0.05, 0.1) is 5.56 Å². The second-order valence-electron chi connectivity index (χ2n) is 4.26. The zero-order valence-corrected chi connectivity index (χ0v) is 10.0. The summed E-state index contributed by atoms with van der Waals surface area (Å²) in [6, 6.07) is 5.24. The number of hydrogen-bond donors (Lipinski definition) is 2. The standard InChI is InChI=1S/C12H16N4O2/c13-11-2-1-9(7-10(11)12(14)18)16-5-3-15(8-17)4-6-16/h1-2,7-8H,3-6,13H2,(H2,14,18). The van der Waals surface area contributed by atoms with Crippen molar-refractivity contribution in [2.75, 3.05) is 36.8 Å². The lowest BCUT2D eigenvalue weighted by molar-refractivity contribution is -0.118. The Morgan fingerprint density at radius 1 is 1.22 bits per heavy atom. The van der Waals surface area contributed by atoms with Gasteiger partial charge in [0.25, 0.3) is 5.91 Å². The molecule has 0 atom stereocenters. The summed E-state index contributed by atoms with van der Waals surface area (Å²) in [5.41, 5.74) is 12.6. The normalized spacial score (nSPS) is 15.6. The van der Waals surface area contributed by atoms with Crippen LogP contribution in [0.15, 0.2) is 18.2 Å². The molecule has 1 aliphatic heterocycles. The second kappa shape index (κ2) is 4.95. The Balaban J connectivity index is 2.17. The first-order valence-electron chi connectivity index (χ1n) is 5.75. The molecule has 1 fully saturated rings. The number of rotatable bonds is 3. The molecule has 0 radical (unpaired) electrons. The molecule has 1 saturated heterocycles. The van der Waals surface area contributed by atoms with E-state index in [0.29, 0.717) is 24.3 Å². The summed E-state index contributed by atoms with van der Waals surface area (Å²) < 4.78 is 0. The van der Waals surface area contributed by atoms with Crippen LogP contribution in [0.3, 0.4) is 0 Å². The average molecular weight is 248 g/mol. The summed E-state index contributed by atoms with van der Waals surface area (Å²) in [6.07, 6.45) is 0.856. The van der Waals surface area contributed by atoms with E-state index in [2.05, 4.69) is 4.90 Å². The summed E-state index contributed by atoms with van der Waals surface area (Å²) in [5.74, 6) is -0.527. The van der Waals surface area contributed by atoms with Crippen LogP contribution in [0.4, 0.5) is 11.4 Å². The number of nitrogen functional groups attached to an aromatic ring is 1. The molecule has 18 heavy (non-hydrogen) atoms. The molecule has 1 aliphatic rings. The lowest BCUT2D eigenvalue weighted by atomic mass is 10.1. The maximum atomic E-state index is 11.2. The Kier molecular flexibility index (Phi) is 3.36. The van der Waals surface area contributed by atoms with E-state index in [9.17, 15) is 9.59 Å². The molecule has 2 amide bonds. The number of nitrogens with two attached hydrogens (primary N) is 2. The monoisotopic (exact) mass is 248 g/mol. The van der Waals surface area contributed by atoms with Crippen LogP contribution in [-0.2, 0) is 4.79 Å². The highest BCUT2D eigenvalue weighted by Crippen LogP contribution is 2.22. The van der Waals surface area contributed by atoms with E-state index >= 15 is 0 Å². The molecule has 1 aromatic rings. The van der Waals surface area contributed by atoms with Crippen LogP contribution in [0.5, 0.6) is 0 Å². The zero-order valence-electron chi connectivity index (χ0n) is 10.0. The van der Waals surface area contributed by atoms with Crippen LogP contribution < -0.4 is 16.4 Å². The Hall–Kier alpha value is -2.24. The van der Waals surface area contributed by atoms with E-state index < -0.39 is 5.91 Å². The van der Waals surface area contributed by atoms with Crippen molar-refractivity contribution in [3.05, 3.63) is 23.8 Å². The van der Waals surface area contributed by atoms with E-state index in [4.69, 9.17) is 11.5 Å². The number of carbonyl (C=O) groups excluding carboxylic acids is 2. The van der Waals surface area contributed by atoms with Gasteiger partial charge >= 0.3 is 0 Å². The van der Waals surface area contributed by atoms with Gasteiger partial charge in [-0.1, -0.05) is 0 Å². The predicted octanol–water partition coefficient (Wildman–Crippen LogP) is -0.354. The third-order valence-electron chi connectivity index (χ3n) is 3.13. The number of benzene rings is 1. The molecule has 6 heteroatoms. The molecule has 0 bridgehead atoms. The quantitative estimate of drug-likeness (QED) is 0.564. The SMILES string of the molecule is NC(=O)c1cc(N2CCN(C=O)CC2)ccc1N. The van der Waals surface area contributed by atoms with E-state index in [0.717, 1.165) is 25.2 Å². The average Bonchev–Trinajstić information content (AvgIpc) is 2.39. The van der Waals surface area contributed by atoms with Crippen molar-refractivity contribution >= 4 is 23.7 Å². The minimum Gasteiger partial charge on any atom is -0.398 e. The molecule has 1 aromatic carbocycles. The number of piperazine rings is 1. The Labute approximate surface area is 105 Å². The van der Waals surface area contributed by atoms with E-state index in [1.807, 2.05) is 6.07 Å². The highest BCUT2D eigenvalue weighted by molar-refractivity contribution is 5.99. The zero-order chi connectivity index (χ0) is 13.1. The van der Waals surface area contributed by atoms with Crippen molar-refractivity contribution in [3.63, 3.8) is 0 Å². The van der Waals surface area contributed by atoms with Crippen molar-refractivity contribution in [1.82, 2.24) is 4.90 Å². The molecule has 96 valence electrons. The molecule has 2 rings (SSSR count). The fourth-order valence-electron chi connectivity index (χ4n) is 2.04. The molecule has 0 aliphatic carbocycles. The molecule has 0 saturated carbocycles. The summed E-state index contributed by atoms with van der Waals surface area (Å²) in [6.45, 7) is 2.83. The van der Waals surface area contributed by atoms with E-state index in [-0.39, 0.29) is 0 Å². The summed E-state index contributed by atoms with van der Waals surface area (Å²) in [4.78, 5) is 25.7. The molecule has 0 spiro atoms. The minimum absolute atomic E-state index is 0.338. The van der Waals surface area contributed by atoms with Gasteiger partial charge in [0.1, 0.15) is 0 Å². The van der Waals surface area contributed by atoms with E-state index in [1.165, 1.54) is 0 Å². The van der Waals surface area contributed by atoms with Gasteiger partial charge in [-0.15, -0.1) is 0 Å². The van der Waals surface area contributed by atoms with Crippen molar-refractivity contribution in [1.29, 1.82) is 0 Å². The van der Waals surface area contributed by atoms with Crippen LogP contribution in [0.1, 0.15) is 10.4 Å². The lowest BCUT2D eigenvalue weighted by Crippen LogP contribution is -2.45. The fourth-order valence-corrected chi connectivity index (χ4v) is 2.04. The molecule has 4 N–H and O–H groups in total. The maximum Gasteiger partial charge on any atom is 0.250 e. The number of nitrogens with zero attached hydrogens (tertiary/aromatic N) is 2. The third kappa shape index (κ3) is 2.37. The van der Waals surface area contributed by atoms with Crippen molar-refractivity contribution in [3.8, 4) is 0 Å². The number of hydrogen-bond acceptors (Lipinski definition) is 4. The first-order chi connectivity index (χ1) is 8.61. The maximum absolute atomic E-state index is 11.2. The van der Waals surface area contributed by atoms with Crippen LogP contribution >= 0.6 is 0 Å². The van der Waals surface area contributed by atoms with Crippen LogP contribution in [0.2, 0.25) is 0 Å². The van der Waals surface area contributed by atoms with E-state index in [1.54, 1.807) is 17.0 Å². The number of primary amides is 1. The van der Waals surface area contributed by atoms with Gasteiger partial charge in [-0.25, -0.2) is 0 Å². The molecular weight excluding hydrogens is 232 g/mol. The molecular formula is C12H16N4O2. The predicted molar refractivity (Wildman–Crippen MR) is 69.2 cm³/mol. The second-order valence-corrected chi connectivity index (χ2v) is 4.26. The summed E-state index contributed by atoms with van der Waals surface area (Å²) >= 11 is 0. The minimum atomic E-state index is -0.527. The molecule has 0 unspecified atom stereocenters. The van der Waals surface area contributed by atoms with Crippen LogP contribution in [0, 0.1) is 0 Å². The summed E-state index contributed by atoms with van der Waals surface area (Å²) in [5, 5.41) is 0.